The number of aromatic nitrogens is 4. The number of carbonyl (C=O) groups excluding carboxylic acids is 1. The molecule has 0 bridgehead atoms. The number of amides is 1. The van der Waals surface area contributed by atoms with Crippen LogP contribution in [0.5, 0.6) is 0 Å². The van der Waals surface area contributed by atoms with Crippen molar-refractivity contribution < 1.29 is 4.79 Å². The normalized spacial score (nSPS) is 16.3. The number of piperidine rings is 1. The number of hydrogen-bond acceptors (Lipinski definition) is 5. The van der Waals surface area contributed by atoms with Crippen molar-refractivity contribution in [3.8, 4) is 11.3 Å². The Balaban J connectivity index is 1.51. The molecule has 7 heteroatoms. The molecule has 3 heterocycles. The maximum atomic E-state index is 12.3. The fraction of sp³-hybridized carbons (Fsp3) is 0.556. The van der Waals surface area contributed by atoms with Gasteiger partial charge in [-0.05, 0) is 45.7 Å². The third-order valence-corrected chi connectivity index (χ3v) is 4.68. The Morgan fingerprint density at radius 3 is 2.72 bits per heavy atom. The van der Waals surface area contributed by atoms with Crippen molar-refractivity contribution in [2.24, 2.45) is 0 Å². The molecule has 25 heavy (non-hydrogen) atoms. The van der Waals surface area contributed by atoms with Crippen LogP contribution in [0.1, 0.15) is 32.4 Å². The van der Waals surface area contributed by atoms with Crippen LogP contribution in [-0.2, 0) is 11.3 Å². The molecule has 1 aliphatic heterocycles. The Bertz CT molecular complexity index is 701. The summed E-state index contributed by atoms with van der Waals surface area (Å²) in [6.45, 7) is 8.63. The van der Waals surface area contributed by atoms with E-state index in [-0.39, 0.29) is 18.5 Å². The van der Waals surface area contributed by atoms with Gasteiger partial charge in [0.05, 0.1) is 6.20 Å². The molecule has 7 nitrogen and oxygen atoms in total. The van der Waals surface area contributed by atoms with Crippen molar-refractivity contribution in [2.75, 3.05) is 13.1 Å². The van der Waals surface area contributed by atoms with Gasteiger partial charge < -0.3 is 10.2 Å². The van der Waals surface area contributed by atoms with Crippen molar-refractivity contribution in [1.29, 1.82) is 0 Å². The van der Waals surface area contributed by atoms with Crippen LogP contribution in [0.15, 0.2) is 24.5 Å². The maximum absolute atomic E-state index is 12.3. The highest BCUT2D eigenvalue weighted by molar-refractivity contribution is 5.76. The van der Waals surface area contributed by atoms with Gasteiger partial charge in [-0.1, -0.05) is 5.21 Å². The van der Waals surface area contributed by atoms with E-state index in [1.165, 1.54) is 0 Å². The molecular formula is C18H26N6O. The molecule has 134 valence electrons. The lowest BCUT2D eigenvalue weighted by Crippen LogP contribution is -2.47. The fourth-order valence-electron chi connectivity index (χ4n) is 3.11. The molecule has 0 saturated carbocycles. The molecule has 1 aliphatic rings. The zero-order chi connectivity index (χ0) is 17.8. The molecule has 0 radical (unpaired) electrons. The number of nitrogens with one attached hydrogen (secondary N) is 1. The van der Waals surface area contributed by atoms with Gasteiger partial charge >= 0.3 is 0 Å². The van der Waals surface area contributed by atoms with Crippen LogP contribution < -0.4 is 5.32 Å². The second-order valence-electron chi connectivity index (χ2n) is 6.96. The lowest BCUT2D eigenvalue weighted by atomic mass is 10.0. The number of hydrogen-bond donors (Lipinski definition) is 1. The van der Waals surface area contributed by atoms with Gasteiger partial charge in [0.15, 0.2) is 0 Å². The Hall–Kier alpha value is -2.28. The average Bonchev–Trinajstić information content (AvgIpc) is 3.04. The first-order valence-corrected chi connectivity index (χ1v) is 8.88. The highest BCUT2D eigenvalue weighted by Crippen LogP contribution is 2.15. The van der Waals surface area contributed by atoms with Gasteiger partial charge in [0.1, 0.15) is 12.2 Å². The summed E-state index contributed by atoms with van der Waals surface area (Å²) in [5.41, 5.74) is 2.59. The third kappa shape index (κ3) is 4.63. The lowest BCUT2D eigenvalue weighted by molar-refractivity contribution is -0.122. The van der Waals surface area contributed by atoms with E-state index in [4.69, 9.17) is 0 Å². The Labute approximate surface area is 148 Å². The number of pyridine rings is 1. The van der Waals surface area contributed by atoms with Gasteiger partial charge in [0.2, 0.25) is 5.91 Å². The van der Waals surface area contributed by atoms with Crippen molar-refractivity contribution in [3.05, 3.63) is 30.2 Å². The van der Waals surface area contributed by atoms with Gasteiger partial charge in [0.25, 0.3) is 0 Å². The number of rotatable bonds is 5. The molecule has 2 aromatic heterocycles. The molecule has 0 aliphatic carbocycles. The number of carbonyl (C=O) groups is 1. The Morgan fingerprint density at radius 1 is 1.32 bits per heavy atom. The van der Waals surface area contributed by atoms with Gasteiger partial charge in [-0.25, -0.2) is 4.68 Å². The molecule has 1 amide bonds. The van der Waals surface area contributed by atoms with Gasteiger partial charge in [-0.3, -0.25) is 9.78 Å². The van der Waals surface area contributed by atoms with Crippen LogP contribution in [0.2, 0.25) is 0 Å². The van der Waals surface area contributed by atoms with Gasteiger partial charge in [0, 0.05) is 42.6 Å². The molecule has 1 fully saturated rings. The smallest absolute Gasteiger partial charge is 0.242 e. The summed E-state index contributed by atoms with van der Waals surface area (Å²) in [5.74, 6) is -0.0125. The van der Waals surface area contributed by atoms with Crippen LogP contribution in [0.3, 0.4) is 0 Å². The first kappa shape index (κ1) is 17.5. The standard InChI is InChI=1S/C18H26N6O/c1-13(2)23-8-6-16(7-9-23)20-18(25)12-24-11-17(21-22-24)15-5-4-14(3)19-10-15/h4-5,10-11,13,16H,6-9,12H2,1-3H3,(H,20,25). The Kier molecular flexibility index (Phi) is 5.43. The molecule has 0 atom stereocenters. The number of likely N-dealkylation sites (tertiary alicyclic amines) is 1. The van der Waals surface area contributed by atoms with E-state index in [1.54, 1.807) is 17.1 Å². The van der Waals surface area contributed by atoms with E-state index in [2.05, 4.69) is 39.4 Å². The predicted octanol–water partition coefficient (Wildman–Crippen LogP) is 1.64. The lowest BCUT2D eigenvalue weighted by Gasteiger charge is -2.34. The summed E-state index contributed by atoms with van der Waals surface area (Å²) in [4.78, 5) is 19.0. The summed E-state index contributed by atoms with van der Waals surface area (Å²) in [6, 6.07) is 4.72. The second kappa shape index (κ2) is 7.74. The summed E-state index contributed by atoms with van der Waals surface area (Å²) in [7, 11) is 0. The van der Waals surface area contributed by atoms with Crippen molar-refractivity contribution in [3.63, 3.8) is 0 Å². The first-order chi connectivity index (χ1) is 12.0. The SMILES string of the molecule is Cc1ccc(-c2cn(CC(=O)NC3CCN(C(C)C)CC3)nn2)cn1. The van der Waals surface area contributed by atoms with Crippen molar-refractivity contribution in [2.45, 2.75) is 52.2 Å². The predicted molar refractivity (Wildman–Crippen MR) is 95.9 cm³/mol. The van der Waals surface area contributed by atoms with Crippen LogP contribution in [0.4, 0.5) is 0 Å². The summed E-state index contributed by atoms with van der Waals surface area (Å²) in [6.07, 6.45) is 5.56. The van der Waals surface area contributed by atoms with Gasteiger partial charge in [-0.2, -0.15) is 0 Å². The summed E-state index contributed by atoms with van der Waals surface area (Å²) >= 11 is 0. The highest BCUT2D eigenvalue weighted by atomic mass is 16.2. The van der Waals surface area contributed by atoms with Crippen molar-refractivity contribution >= 4 is 5.91 Å². The number of nitrogens with zero attached hydrogens (tertiary/aromatic N) is 5. The zero-order valence-electron chi connectivity index (χ0n) is 15.1. The average molecular weight is 342 g/mol. The molecular weight excluding hydrogens is 316 g/mol. The summed E-state index contributed by atoms with van der Waals surface area (Å²) in [5, 5.41) is 11.3. The van der Waals surface area contributed by atoms with E-state index in [1.807, 2.05) is 19.1 Å². The fourth-order valence-corrected chi connectivity index (χ4v) is 3.11. The van der Waals surface area contributed by atoms with E-state index in [9.17, 15) is 4.79 Å². The maximum Gasteiger partial charge on any atom is 0.242 e. The molecule has 2 aromatic rings. The van der Waals surface area contributed by atoms with Crippen LogP contribution in [0.25, 0.3) is 11.3 Å². The minimum atomic E-state index is -0.0125. The quantitative estimate of drug-likeness (QED) is 0.894. The highest BCUT2D eigenvalue weighted by Gasteiger charge is 2.22. The molecule has 1 saturated heterocycles. The van der Waals surface area contributed by atoms with E-state index < -0.39 is 0 Å². The largest absolute Gasteiger partial charge is 0.352 e. The molecule has 0 unspecified atom stereocenters. The van der Waals surface area contributed by atoms with Crippen LogP contribution in [-0.4, -0.2) is 56.0 Å². The first-order valence-electron chi connectivity index (χ1n) is 8.88. The minimum Gasteiger partial charge on any atom is -0.352 e. The third-order valence-electron chi connectivity index (χ3n) is 4.68. The van der Waals surface area contributed by atoms with Crippen LogP contribution in [0, 0.1) is 6.92 Å². The van der Waals surface area contributed by atoms with Gasteiger partial charge in [-0.15, -0.1) is 5.10 Å². The van der Waals surface area contributed by atoms with E-state index >= 15 is 0 Å². The monoisotopic (exact) mass is 342 g/mol. The molecule has 1 N–H and O–H groups in total. The molecule has 3 rings (SSSR count). The summed E-state index contributed by atoms with van der Waals surface area (Å²) < 4.78 is 1.58. The molecule has 0 spiro atoms. The Morgan fingerprint density at radius 2 is 2.08 bits per heavy atom. The minimum absolute atomic E-state index is 0.0125. The molecule has 0 aromatic carbocycles. The topological polar surface area (TPSA) is 75.9 Å². The van der Waals surface area contributed by atoms with E-state index in [0.29, 0.717) is 6.04 Å². The number of aryl methyl sites for hydroxylation is 1. The zero-order valence-corrected chi connectivity index (χ0v) is 15.1. The van der Waals surface area contributed by atoms with E-state index in [0.717, 1.165) is 42.9 Å². The van der Waals surface area contributed by atoms with Crippen molar-refractivity contribution in [1.82, 2.24) is 30.2 Å². The van der Waals surface area contributed by atoms with Crippen LogP contribution >= 0.6 is 0 Å². The second-order valence-corrected chi connectivity index (χ2v) is 6.96.